The van der Waals surface area contributed by atoms with E-state index < -0.39 is 0 Å². The van der Waals surface area contributed by atoms with Crippen LogP contribution in [0, 0.1) is 0 Å². The molecule has 2 aliphatic heterocycles. The maximum Gasteiger partial charge on any atom is 0.252 e. The van der Waals surface area contributed by atoms with Crippen LogP contribution >= 0.6 is 24.4 Å². The minimum Gasteiger partial charge on any atom is -0.338 e. The van der Waals surface area contributed by atoms with Crippen molar-refractivity contribution in [1.29, 1.82) is 0 Å². The lowest BCUT2D eigenvalue weighted by Crippen LogP contribution is -2.39. The number of hydrogen-bond acceptors (Lipinski definition) is 4. The molecule has 2 saturated heterocycles. The van der Waals surface area contributed by atoms with E-state index in [2.05, 4.69) is 0 Å². The van der Waals surface area contributed by atoms with E-state index in [1.54, 1.807) is 11.9 Å². The van der Waals surface area contributed by atoms with E-state index in [1.807, 2.05) is 40.1 Å². The lowest BCUT2D eigenvalue weighted by Gasteiger charge is -2.23. The van der Waals surface area contributed by atoms with Gasteiger partial charge in [0.2, 0.25) is 5.91 Å². The quantitative estimate of drug-likeness (QED) is 0.746. The number of amides is 2. The van der Waals surface area contributed by atoms with Crippen LogP contribution < -0.4 is 4.90 Å². The molecule has 6 nitrogen and oxygen atoms in total. The predicted molar refractivity (Wildman–Crippen MR) is 95.0 cm³/mol. The molecule has 0 aliphatic carbocycles. The van der Waals surface area contributed by atoms with Gasteiger partial charge in [-0.1, -0.05) is 18.2 Å². The van der Waals surface area contributed by atoms with Crippen molar-refractivity contribution >= 4 is 52.2 Å². The molecular weight excluding hydrogens is 332 g/mol. The highest BCUT2D eigenvalue weighted by atomic mass is 32.1. The summed E-state index contributed by atoms with van der Waals surface area (Å²) in [5.74, 6) is -0.0561. The third-order valence-electron chi connectivity index (χ3n) is 3.95. The lowest BCUT2D eigenvalue weighted by molar-refractivity contribution is -0.124. The van der Waals surface area contributed by atoms with Gasteiger partial charge in [-0.25, -0.2) is 0 Å². The van der Waals surface area contributed by atoms with Crippen molar-refractivity contribution in [2.45, 2.75) is 0 Å². The van der Waals surface area contributed by atoms with Crippen molar-refractivity contribution in [2.75, 3.05) is 38.1 Å². The van der Waals surface area contributed by atoms with Crippen molar-refractivity contribution < 1.29 is 9.59 Å². The Morgan fingerprint density at radius 1 is 0.913 bits per heavy atom. The summed E-state index contributed by atoms with van der Waals surface area (Å²) in [5, 5.41) is 1.01. The average molecular weight is 348 g/mol. The summed E-state index contributed by atoms with van der Waals surface area (Å²) < 4.78 is 0. The summed E-state index contributed by atoms with van der Waals surface area (Å²) in [6.45, 7) is 1.64. The third-order valence-corrected chi connectivity index (χ3v) is 4.92. The third kappa shape index (κ3) is 2.91. The van der Waals surface area contributed by atoms with Gasteiger partial charge < -0.3 is 9.80 Å². The molecule has 1 aromatic carbocycles. The number of hydrogen-bond donors (Lipinski definition) is 0. The molecule has 2 amide bonds. The topological polar surface area (TPSA) is 47.1 Å². The number of nitrogens with zero attached hydrogens (tertiary/aromatic N) is 4. The first-order chi connectivity index (χ1) is 11.0. The van der Waals surface area contributed by atoms with Gasteiger partial charge in [-0.15, -0.1) is 0 Å². The van der Waals surface area contributed by atoms with Crippen molar-refractivity contribution in [3.05, 3.63) is 30.3 Å². The van der Waals surface area contributed by atoms with Crippen LogP contribution in [0.5, 0.6) is 0 Å². The Bertz CT molecular complexity index is 679. The molecule has 8 heteroatoms. The Morgan fingerprint density at radius 3 is 2.04 bits per heavy atom. The first-order valence-electron chi connectivity index (χ1n) is 7.21. The Labute approximate surface area is 145 Å². The Balaban J connectivity index is 1.64. The molecule has 0 saturated carbocycles. The molecule has 2 heterocycles. The van der Waals surface area contributed by atoms with Crippen molar-refractivity contribution in [3.8, 4) is 0 Å². The zero-order valence-electron chi connectivity index (χ0n) is 12.6. The number of rotatable bonds is 4. The van der Waals surface area contributed by atoms with Crippen LogP contribution in [-0.4, -0.2) is 70.0 Å². The molecule has 2 aliphatic rings. The Kier molecular flexibility index (Phi) is 4.27. The zero-order chi connectivity index (χ0) is 16.6. The second kappa shape index (κ2) is 6.21. The van der Waals surface area contributed by atoms with Gasteiger partial charge in [-0.3, -0.25) is 19.4 Å². The van der Waals surface area contributed by atoms with E-state index in [9.17, 15) is 9.59 Å². The fraction of sp³-hybridized carbons (Fsp3) is 0.333. The normalized spacial score (nSPS) is 18.7. The first kappa shape index (κ1) is 15.8. The van der Waals surface area contributed by atoms with Crippen LogP contribution in [0.25, 0.3) is 0 Å². The van der Waals surface area contributed by atoms with Crippen LogP contribution in [0.2, 0.25) is 0 Å². The molecule has 0 radical (unpaired) electrons. The molecule has 0 atom stereocenters. The lowest BCUT2D eigenvalue weighted by atomic mass is 10.3. The van der Waals surface area contributed by atoms with Crippen molar-refractivity contribution in [3.63, 3.8) is 0 Å². The van der Waals surface area contributed by atoms with E-state index in [-0.39, 0.29) is 24.9 Å². The molecule has 0 N–H and O–H groups in total. The molecule has 23 heavy (non-hydrogen) atoms. The molecule has 0 aromatic heterocycles. The average Bonchev–Trinajstić information content (AvgIpc) is 2.96. The number of anilines is 1. The molecule has 2 fully saturated rings. The highest BCUT2D eigenvalue weighted by Gasteiger charge is 2.35. The zero-order valence-corrected chi connectivity index (χ0v) is 14.3. The number of likely N-dealkylation sites (N-methyl/N-ethyl adjacent to an activating group) is 1. The predicted octanol–water partition coefficient (Wildman–Crippen LogP) is 0.679. The number of para-hydroxylation sites is 1. The first-order valence-corrected chi connectivity index (χ1v) is 8.03. The molecule has 0 bridgehead atoms. The monoisotopic (exact) mass is 348 g/mol. The van der Waals surface area contributed by atoms with E-state index in [1.165, 1.54) is 4.90 Å². The fourth-order valence-electron chi connectivity index (χ4n) is 2.63. The smallest absolute Gasteiger partial charge is 0.252 e. The summed E-state index contributed by atoms with van der Waals surface area (Å²) in [6.07, 6.45) is 0. The highest BCUT2D eigenvalue weighted by molar-refractivity contribution is 7.80. The van der Waals surface area contributed by atoms with Crippen LogP contribution in [-0.2, 0) is 9.59 Å². The van der Waals surface area contributed by atoms with Gasteiger partial charge in [-0.2, -0.15) is 0 Å². The summed E-state index contributed by atoms with van der Waals surface area (Å²) in [6, 6.07) is 9.36. The van der Waals surface area contributed by atoms with Crippen LogP contribution in [0.15, 0.2) is 30.3 Å². The fourth-order valence-corrected chi connectivity index (χ4v) is 3.25. The van der Waals surface area contributed by atoms with Crippen LogP contribution in [0.3, 0.4) is 0 Å². The molecule has 1 aromatic rings. The molecule has 3 rings (SSSR count). The van der Waals surface area contributed by atoms with Gasteiger partial charge in [0.05, 0.1) is 12.2 Å². The SMILES string of the molecule is CN1C(=O)CN(CCN2CC(=O)N(c3ccccc3)C2=S)C1=S. The Hall–Kier alpha value is -2.06. The minimum absolute atomic E-state index is 0.0130. The van der Waals surface area contributed by atoms with Gasteiger partial charge >= 0.3 is 0 Å². The molecule has 0 spiro atoms. The number of thiocarbonyl (C=S) groups is 2. The van der Waals surface area contributed by atoms with E-state index >= 15 is 0 Å². The highest BCUT2D eigenvalue weighted by Crippen LogP contribution is 2.21. The van der Waals surface area contributed by atoms with Crippen LogP contribution in [0.4, 0.5) is 5.69 Å². The number of benzene rings is 1. The second-order valence-corrected chi connectivity index (χ2v) is 6.16. The number of carbonyl (C=O) groups is 2. The molecule has 120 valence electrons. The van der Waals surface area contributed by atoms with E-state index in [4.69, 9.17) is 24.4 Å². The maximum atomic E-state index is 12.3. The summed E-state index contributed by atoms with van der Waals surface area (Å²) >= 11 is 10.7. The van der Waals surface area contributed by atoms with Crippen LogP contribution in [0.1, 0.15) is 0 Å². The Morgan fingerprint density at radius 2 is 1.48 bits per heavy atom. The van der Waals surface area contributed by atoms with Gasteiger partial charge in [0.1, 0.15) is 6.54 Å². The van der Waals surface area contributed by atoms with Gasteiger partial charge in [0, 0.05) is 20.1 Å². The van der Waals surface area contributed by atoms with Gasteiger partial charge in [0.25, 0.3) is 5.91 Å². The van der Waals surface area contributed by atoms with Crippen molar-refractivity contribution in [2.24, 2.45) is 0 Å². The summed E-state index contributed by atoms with van der Waals surface area (Å²) in [5.41, 5.74) is 0.775. The minimum atomic E-state index is -0.0432. The van der Waals surface area contributed by atoms with Crippen molar-refractivity contribution in [1.82, 2.24) is 14.7 Å². The number of carbonyl (C=O) groups excluding carboxylic acids is 2. The summed E-state index contributed by atoms with van der Waals surface area (Å²) in [7, 11) is 1.67. The standard InChI is InChI=1S/C15H16N4O2S2/c1-16-12(20)9-17(14(16)22)7-8-18-10-13(21)19(15(18)23)11-5-3-2-4-6-11/h2-6H,7-10H2,1H3. The molecule has 0 unspecified atom stereocenters. The van der Waals surface area contributed by atoms with E-state index in [0.29, 0.717) is 23.3 Å². The van der Waals surface area contributed by atoms with Gasteiger partial charge in [-0.05, 0) is 36.6 Å². The summed E-state index contributed by atoms with van der Waals surface area (Å²) in [4.78, 5) is 30.6. The molecular formula is C15H16N4O2S2. The largest absolute Gasteiger partial charge is 0.338 e. The van der Waals surface area contributed by atoms with Gasteiger partial charge in [0.15, 0.2) is 10.2 Å². The second-order valence-electron chi connectivity index (χ2n) is 5.43. The maximum absolute atomic E-state index is 12.3. The van der Waals surface area contributed by atoms with E-state index in [0.717, 1.165) is 5.69 Å².